The number of nitrogens with two attached hydrogens (primary N) is 1. The van der Waals surface area contributed by atoms with E-state index in [0.29, 0.717) is 12.5 Å². The quantitative estimate of drug-likeness (QED) is 0.928. The lowest BCUT2D eigenvalue weighted by Crippen LogP contribution is -2.40. The first-order valence-electron chi connectivity index (χ1n) is 8.01. The molecule has 1 fully saturated rings. The van der Waals surface area contributed by atoms with Gasteiger partial charge in [0.1, 0.15) is 0 Å². The van der Waals surface area contributed by atoms with E-state index in [1.165, 1.54) is 12.0 Å². The maximum atomic E-state index is 12.6. The highest BCUT2D eigenvalue weighted by atomic mass is 16.2. The molecule has 1 aliphatic rings. The van der Waals surface area contributed by atoms with Gasteiger partial charge in [0.2, 0.25) is 0 Å². The van der Waals surface area contributed by atoms with Gasteiger partial charge in [-0.3, -0.25) is 4.79 Å². The maximum Gasteiger partial charge on any atom is 0.253 e. The molecule has 1 atom stereocenters. The van der Waals surface area contributed by atoms with E-state index in [2.05, 4.69) is 32.9 Å². The van der Waals surface area contributed by atoms with Gasteiger partial charge in [-0.1, -0.05) is 32.9 Å². The van der Waals surface area contributed by atoms with E-state index >= 15 is 0 Å². The molecule has 0 aliphatic carbocycles. The van der Waals surface area contributed by atoms with Crippen LogP contribution in [0.4, 0.5) is 0 Å². The number of carbonyl (C=O) groups excluding carboxylic acids is 1. The fraction of sp³-hybridized carbons (Fsp3) is 0.611. The van der Waals surface area contributed by atoms with Crippen LogP contribution in [0.15, 0.2) is 24.3 Å². The van der Waals surface area contributed by atoms with Crippen molar-refractivity contribution in [3.05, 3.63) is 35.4 Å². The molecule has 0 spiro atoms. The van der Waals surface area contributed by atoms with E-state index in [1.807, 2.05) is 17.0 Å². The number of benzene rings is 1. The molecule has 1 heterocycles. The normalized spacial score (nSPS) is 19.6. The Kier molecular flexibility index (Phi) is 5.04. The van der Waals surface area contributed by atoms with Crippen molar-refractivity contribution in [2.45, 2.75) is 45.4 Å². The second-order valence-corrected chi connectivity index (χ2v) is 7.16. The van der Waals surface area contributed by atoms with Crippen molar-refractivity contribution < 1.29 is 4.79 Å². The number of likely N-dealkylation sites (tertiary alicyclic amines) is 1. The first kappa shape index (κ1) is 16.0. The number of amides is 1. The molecule has 1 unspecified atom stereocenters. The molecule has 2 N–H and O–H groups in total. The minimum Gasteiger partial charge on any atom is -0.338 e. The Morgan fingerprint density at radius 3 is 2.52 bits per heavy atom. The van der Waals surface area contributed by atoms with E-state index in [9.17, 15) is 4.79 Å². The summed E-state index contributed by atoms with van der Waals surface area (Å²) in [5.74, 6) is 0.735. The Morgan fingerprint density at radius 1 is 1.29 bits per heavy atom. The van der Waals surface area contributed by atoms with Gasteiger partial charge in [0, 0.05) is 18.7 Å². The van der Waals surface area contributed by atoms with Crippen LogP contribution in [0.25, 0.3) is 0 Å². The number of hydrogen-bond donors (Lipinski definition) is 1. The van der Waals surface area contributed by atoms with Crippen LogP contribution in [0.3, 0.4) is 0 Å². The smallest absolute Gasteiger partial charge is 0.253 e. The second kappa shape index (κ2) is 6.61. The molecule has 0 radical (unpaired) electrons. The zero-order chi connectivity index (χ0) is 15.5. The van der Waals surface area contributed by atoms with Gasteiger partial charge >= 0.3 is 0 Å². The molecule has 2 rings (SSSR count). The van der Waals surface area contributed by atoms with Crippen molar-refractivity contribution >= 4 is 5.91 Å². The van der Waals surface area contributed by atoms with Crippen molar-refractivity contribution in [3.63, 3.8) is 0 Å². The van der Waals surface area contributed by atoms with Crippen molar-refractivity contribution in [3.8, 4) is 0 Å². The highest BCUT2D eigenvalue weighted by molar-refractivity contribution is 5.94. The summed E-state index contributed by atoms with van der Waals surface area (Å²) in [7, 11) is 0. The molecule has 1 saturated heterocycles. The third-order valence-corrected chi connectivity index (χ3v) is 4.38. The maximum absolute atomic E-state index is 12.6. The van der Waals surface area contributed by atoms with E-state index < -0.39 is 0 Å². The summed E-state index contributed by atoms with van der Waals surface area (Å²) in [5.41, 5.74) is 7.83. The number of carbonyl (C=O) groups is 1. The summed E-state index contributed by atoms with van der Waals surface area (Å²) in [4.78, 5) is 14.6. The van der Waals surface area contributed by atoms with Gasteiger partial charge in [-0.25, -0.2) is 0 Å². The molecule has 3 heteroatoms. The molecular weight excluding hydrogens is 260 g/mol. The highest BCUT2D eigenvalue weighted by Crippen LogP contribution is 2.24. The second-order valence-electron chi connectivity index (χ2n) is 7.16. The van der Waals surface area contributed by atoms with Gasteiger partial charge < -0.3 is 10.6 Å². The number of nitrogens with zero attached hydrogens (tertiary/aromatic N) is 1. The Labute approximate surface area is 128 Å². The topological polar surface area (TPSA) is 46.3 Å². The van der Waals surface area contributed by atoms with Gasteiger partial charge in [0.15, 0.2) is 0 Å². The van der Waals surface area contributed by atoms with Crippen LogP contribution in [0, 0.1) is 5.92 Å². The number of hydrogen-bond acceptors (Lipinski definition) is 2. The van der Waals surface area contributed by atoms with Crippen molar-refractivity contribution in [1.29, 1.82) is 0 Å². The molecule has 0 saturated carbocycles. The van der Waals surface area contributed by atoms with Crippen molar-refractivity contribution in [1.82, 2.24) is 4.90 Å². The predicted octanol–water partition coefficient (Wildman–Crippen LogP) is 3.19. The van der Waals surface area contributed by atoms with E-state index in [4.69, 9.17) is 5.73 Å². The summed E-state index contributed by atoms with van der Waals surface area (Å²) in [6.07, 6.45) is 3.31. The standard InChI is InChI=1S/C18H28N2O/c1-18(2,3)16-8-6-15(7-9-16)17(21)20-12-4-5-14(13-20)10-11-19/h6-9,14H,4-5,10-13,19H2,1-3H3. The summed E-state index contributed by atoms with van der Waals surface area (Å²) < 4.78 is 0. The molecule has 1 aliphatic heterocycles. The molecule has 0 aromatic heterocycles. The monoisotopic (exact) mass is 288 g/mol. The number of piperidine rings is 1. The lowest BCUT2D eigenvalue weighted by molar-refractivity contribution is 0.0669. The van der Waals surface area contributed by atoms with Crippen LogP contribution in [0.2, 0.25) is 0 Å². The molecular formula is C18H28N2O. The zero-order valence-corrected chi connectivity index (χ0v) is 13.6. The lowest BCUT2D eigenvalue weighted by Gasteiger charge is -2.33. The summed E-state index contributed by atoms with van der Waals surface area (Å²) in [6, 6.07) is 8.09. The van der Waals surface area contributed by atoms with Crippen molar-refractivity contribution in [2.75, 3.05) is 19.6 Å². The molecule has 21 heavy (non-hydrogen) atoms. The van der Waals surface area contributed by atoms with Crippen LogP contribution in [0.1, 0.15) is 56.0 Å². The van der Waals surface area contributed by atoms with E-state index in [1.54, 1.807) is 0 Å². The molecule has 116 valence electrons. The van der Waals surface area contributed by atoms with Gasteiger partial charge in [-0.2, -0.15) is 0 Å². The number of rotatable bonds is 3. The molecule has 1 amide bonds. The van der Waals surface area contributed by atoms with Crippen LogP contribution >= 0.6 is 0 Å². The molecule has 1 aromatic rings. The largest absolute Gasteiger partial charge is 0.338 e. The van der Waals surface area contributed by atoms with Gasteiger partial charge in [-0.15, -0.1) is 0 Å². The van der Waals surface area contributed by atoms with Crippen LogP contribution in [0.5, 0.6) is 0 Å². The third kappa shape index (κ3) is 4.07. The molecule has 1 aromatic carbocycles. The van der Waals surface area contributed by atoms with Crippen LogP contribution < -0.4 is 5.73 Å². The van der Waals surface area contributed by atoms with E-state index in [0.717, 1.165) is 31.5 Å². The Hall–Kier alpha value is -1.35. The van der Waals surface area contributed by atoms with Crippen molar-refractivity contribution in [2.24, 2.45) is 11.7 Å². The summed E-state index contributed by atoms with van der Waals surface area (Å²) >= 11 is 0. The van der Waals surface area contributed by atoms with Gasteiger partial charge in [0.05, 0.1) is 0 Å². The van der Waals surface area contributed by atoms with Gasteiger partial charge in [-0.05, 0) is 54.8 Å². The average molecular weight is 288 g/mol. The summed E-state index contributed by atoms with van der Waals surface area (Å²) in [6.45, 7) is 9.01. The minimum absolute atomic E-state index is 0.124. The summed E-state index contributed by atoms with van der Waals surface area (Å²) in [5, 5.41) is 0. The third-order valence-electron chi connectivity index (χ3n) is 4.38. The highest BCUT2D eigenvalue weighted by Gasteiger charge is 2.24. The average Bonchev–Trinajstić information content (AvgIpc) is 2.46. The SMILES string of the molecule is CC(C)(C)c1ccc(C(=O)N2CCCC(CCN)C2)cc1. The fourth-order valence-electron chi connectivity index (χ4n) is 3.02. The Balaban J connectivity index is 2.05. The molecule has 3 nitrogen and oxygen atoms in total. The Bertz CT molecular complexity index is 471. The van der Waals surface area contributed by atoms with E-state index in [-0.39, 0.29) is 11.3 Å². The minimum atomic E-state index is 0.124. The van der Waals surface area contributed by atoms with Gasteiger partial charge in [0.25, 0.3) is 5.91 Å². The lowest BCUT2D eigenvalue weighted by atomic mass is 9.86. The fourth-order valence-corrected chi connectivity index (χ4v) is 3.02. The first-order chi connectivity index (χ1) is 9.91. The van der Waals surface area contributed by atoms with Crippen LogP contribution in [-0.4, -0.2) is 30.4 Å². The predicted molar refractivity (Wildman–Crippen MR) is 87.4 cm³/mol. The first-order valence-corrected chi connectivity index (χ1v) is 8.01. The molecule has 0 bridgehead atoms. The zero-order valence-electron chi connectivity index (χ0n) is 13.6. The Morgan fingerprint density at radius 2 is 1.95 bits per heavy atom. The van der Waals surface area contributed by atoms with Crippen LogP contribution in [-0.2, 0) is 5.41 Å².